The molecule has 0 saturated heterocycles. The molecule has 0 spiro atoms. The summed E-state index contributed by atoms with van der Waals surface area (Å²) in [6, 6.07) is 16.4. The third-order valence-electron chi connectivity index (χ3n) is 6.36. The molecule has 2 aliphatic rings. The van der Waals surface area contributed by atoms with Crippen molar-refractivity contribution in [2.75, 3.05) is 6.61 Å². The number of rotatable bonds is 4. The molecule has 1 aliphatic carbocycles. The molecule has 1 heterocycles. The van der Waals surface area contributed by atoms with Crippen molar-refractivity contribution in [1.82, 2.24) is 5.32 Å². The number of allylic oxidation sites excluding steroid dienone is 2. The second-order valence-corrected chi connectivity index (χ2v) is 9.60. The Hall–Kier alpha value is -2.88. The largest absolute Gasteiger partial charge is 0.494 e. The lowest BCUT2D eigenvalue weighted by Crippen LogP contribution is -2.38. The predicted octanol–water partition coefficient (Wildman–Crippen LogP) is 5.39. The second-order valence-electron chi connectivity index (χ2n) is 9.60. The monoisotopic (exact) mass is 417 g/mol. The van der Waals surface area contributed by atoms with Gasteiger partial charge in [0.25, 0.3) is 0 Å². The van der Waals surface area contributed by atoms with E-state index in [0.717, 1.165) is 28.1 Å². The van der Waals surface area contributed by atoms with Gasteiger partial charge in [-0.25, -0.2) is 0 Å². The van der Waals surface area contributed by atoms with Crippen LogP contribution in [0, 0.1) is 0 Å². The fraction of sp³-hybridized carbons (Fsp3) is 0.407. The molecule has 0 saturated carbocycles. The molecule has 0 aromatic heterocycles. The first-order valence-corrected chi connectivity index (χ1v) is 11.2. The SMILES string of the molecule is CCOc1cccc(C2CC(=O)NC3=C2C(=O)CC(c2ccc(C(C)(C)C)cc2)C3)c1. The van der Waals surface area contributed by atoms with Crippen molar-refractivity contribution >= 4 is 11.7 Å². The molecule has 4 rings (SSSR count). The van der Waals surface area contributed by atoms with E-state index in [9.17, 15) is 9.59 Å². The van der Waals surface area contributed by atoms with E-state index in [1.165, 1.54) is 5.56 Å². The molecule has 0 radical (unpaired) electrons. The van der Waals surface area contributed by atoms with E-state index < -0.39 is 0 Å². The predicted molar refractivity (Wildman–Crippen MR) is 122 cm³/mol. The van der Waals surface area contributed by atoms with Crippen LogP contribution in [0.2, 0.25) is 0 Å². The van der Waals surface area contributed by atoms with Crippen molar-refractivity contribution in [2.24, 2.45) is 0 Å². The molecular formula is C27H31NO3. The van der Waals surface area contributed by atoms with Gasteiger partial charge in [0.15, 0.2) is 5.78 Å². The van der Waals surface area contributed by atoms with Gasteiger partial charge in [-0.1, -0.05) is 57.2 Å². The minimum absolute atomic E-state index is 0.0258. The van der Waals surface area contributed by atoms with Crippen LogP contribution in [0.5, 0.6) is 5.75 Å². The Balaban J connectivity index is 1.64. The van der Waals surface area contributed by atoms with Crippen molar-refractivity contribution in [1.29, 1.82) is 0 Å². The molecule has 1 aliphatic heterocycles. The zero-order chi connectivity index (χ0) is 22.2. The molecule has 1 amide bonds. The van der Waals surface area contributed by atoms with Crippen molar-refractivity contribution in [3.05, 3.63) is 76.5 Å². The van der Waals surface area contributed by atoms with E-state index in [1.807, 2.05) is 31.2 Å². The minimum atomic E-state index is -0.208. The fourth-order valence-corrected chi connectivity index (χ4v) is 4.72. The normalized spacial score (nSPS) is 21.5. The lowest BCUT2D eigenvalue weighted by Gasteiger charge is -2.34. The Morgan fingerprint density at radius 2 is 1.71 bits per heavy atom. The summed E-state index contributed by atoms with van der Waals surface area (Å²) in [5, 5.41) is 3.01. The van der Waals surface area contributed by atoms with E-state index in [0.29, 0.717) is 25.9 Å². The van der Waals surface area contributed by atoms with Gasteiger partial charge >= 0.3 is 0 Å². The highest BCUT2D eigenvalue weighted by Gasteiger charge is 2.38. The summed E-state index contributed by atoms with van der Waals surface area (Å²) in [5.74, 6) is 0.767. The Morgan fingerprint density at radius 1 is 0.968 bits per heavy atom. The van der Waals surface area contributed by atoms with Gasteiger partial charge in [0, 0.05) is 30.0 Å². The van der Waals surface area contributed by atoms with Gasteiger partial charge in [0.2, 0.25) is 5.91 Å². The summed E-state index contributed by atoms with van der Waals surface area (Å²) >= 11 is 0. The molecule has 4 nitrogen and oxygen atoms in total. The molecular weight excluding hydrogens is 386 g/mol. The Kier molecular flexibility index (Phi) is 5.74. The van der Waals surface area contributed by atoms with Crippen LogP contribution in [0.3, 0.4) is 0 Å². The quantitative estimate of drug-likeness (QED) is 0.726. The average Bonchev–Trinajstić information content (AvgIpc) is 2.72. The first kappa shape index (κ1) is 21.4. The molecule has 2 aromatic carbocycles. The van der Waals surface area contributed by atoms with E-state index in [1.54, 1.807) is 0 Å². The molecule has 1 N–H and O–H groups in total. The molecule has 0 fully saturated rings. The van der Waals surface area contributed by atoms with E-state index >= 15 is 0 Å². The number of hydrogen-bond donors (Lipinski definition) is 1. The minimum Gasteiger partial charge on any atom is -0.494 e. The van der Waals surface area contributed by atoms with Crippen LogP contribution in [0.15, 0.2) is 59.8 Å². The van der Waals surface area contributed by atoms with Gasteiger partial charge in [0.1, 0.15) is 5.75 Å². The first-order valence-electron chi connectivity index (χ1n) is 11.2. The fourth-order valence-electron chi connectivity index (χ4n) is 4.72. The van der Waals surface area contributed by atoms with Crippen LogP contribution in [0.25, 0.3) is 0 Å². The molecule has 2 unspecified atom stereocenters. The number of Topliss-reactive ketones (excluding diaryl/α,β-unsaturated/α-hetero) is 1. The zero-order valence-corrected chi connectivity index (χ0v) is 18.8. The lowest BCUT2D eigenvalue weighted by atomic mass is 9.73. The van der Waals surface area contributed by atoms with Gasteiger partial charge in [0.05, 0.1) is 6.61 Å². The van der Waals surface area contributed by atoms with Crippen molar-refractivity contribution < 1.29 is 14.3 Å². The lowest BCUT2D eigenvalue weighted by molar-refractivity contribution is -0.122. The van der Waals surface area contributed by atoms with Crippen LogP contribution < -0.4 is 10.1 Å². The number of carbonyl (C=O) groups excluding carboxylic acids is 2. The Bertz CT molecular complexity index is 1030. The highest BCUT2D eigenvalue weighted by Crippen LogP contribution is 2.43. The van der Waals surface area contributed by atoms with Crippen molar-refractivity contribution in [3.8, 4) is 5.75 Å². The maximum Gasteiger partial charge on any atom is 0.225 e. The highest BCUT2D eigenvalue weighted by atomic mass is 16.5. The van der Waals surface area contributed by atoms with Gasteiger partial charge in [-0.15, -0.1) is 0 Å². The van der Waals surface area contributed by atoms with Gasteiger partial charge < -0.3 is 10.1 Å². The molecule has 4 heteroatoms. The maximum absolute atomic E-state index is 13.3. The number of ketones is 1. The van der Waals surface area contributed by atoms with Crippen LogP contribution >= 0.6 is 0 Å². The second kappa shape index (κ2) is 8.33. The Morgan fingerprint density at radius 3 is 2.39 bits per heavy atom. The molecule has 2 atom stereocenters. The number of amides is 1. The summed E-state index contributed by atoms with van der Waals surface area (Å²) in [6.45, 7) is 9.11. The number of benzene rings is 2. The summed E-state index contributed by atoms with van der Waals surface area (Å²) in [4.78, 5) is 25.8. The standard InChI is InChI=1S/C27H31NO3/c1-5-31-21-8-6-7-18(13-21)22-16-25(30)28-23-14-19(15-24(29)26(22)23)17-9-11-20(12-10-17)27(2,3)4/h6-13,19,22H,5,14-16H2,1-4H3,(H,28,30). The van der Waals surface area contributed by atoms with Gasteiger partial charge in [-0.2, -0.15) is 0 Å². The van der Waals surface area contributed by atoms with Crippen LogP contribution in [0.1, 0.15) is 75.5 Å². The highest BCUT2D eigenvalue weighted by molar-refractivity contribution is 6.02. The zero-order valence-electron chi connectivity index (χ0n) is 18.8. The topological polar surface area (TPSA) is 55.4 Å². The maximum atomic E-state index is 13.3. The van der Waals surface area contributed by atoms with Gasteiger partial charge in [-0.3, -0.25) is 9.59 Å². The molecule has 0 bridgehead atoms. The van der Waals surface area contributed by atoms with Crippen LogP contribution in [-0.2, 0) is 15.0 Å². The third kappa shape index (κ3) is 4.43. The number of hydrogen-bond acceptors (Lipinski definition) is 3. The van der Waals surface area contributed by atoms with Gasteiger partial charge in [-0.05, 0) is 53.5 Å². The molecule has 31 heavy (non-hydrogen) atoms. The third-order valence-corrected chi connectivity index (χ3v) is 6.36. The summed E-state index contributed by atoms with van der Waals surface area (Å²) in [7, 11) is 0. The summed E-state index contributed by atoms with van der Waals surface area (Å²) in [6.07, 6.45) is 1.46. The Labute approximate surface area is 184 Å². The summed E-state index contributed by atoms with van der Waals surface area (Å²) < 4.78 is 5.63. The van der Waals surface area contributed by atoms with Crippen molar-refractivity contribution in [3.63, 3.8) is 0 Å². The molecule has 2 aromatic rings. The number of ether oxygens (including phenoxy) is 1. The van der Waals surface area contributed by atoms with Crippen LogP contribution in [0.4, 0.5) is 0 Å². The van der Waals surface area contributed by atoms with E-state index in [4.69, 9.17) is 4.74 Å². The average molecular weight is 418 g/mol. The van der Waals surface area contributed by atoms with E-state index in [2.05, 4.69) is 50.4 Å². The van der Waals surface area contributed by atoms with Crippen molar-refractivity contribution in [2.45, 2.75) is 64.2 Å². The number of carbonyl (C=O) groups is 2. The molecule has 162 valence electrons. The first-order chi connectivity index (χ1) is 14.8. The van der Waals surface area contributed by atoms with E-state index in [-0.39, 0.29) is 28.9 Å². The number of nitrogens with one attached hydrogen (secondary N) is 1. The van der Waals surface area contributed by atoms with Crippen LogP contribution in [-0.4, -0.2) is 18.3 Å². The smallest absolute Gasteiger partial charge is 0.225 e. The summed E-state index contributed by atoms with van der Waals surface area (Å²) in [5.41, 5.74) is 5.06.